The van der Waals surface area contributed by atoms with Crippen molar-refractivity contribution in [1.82, 2.24) is 10.6 Å². The van der Waals surface area contributed by atoms with Crippen LogP contribution in [-0.2, 0) is 9.59 Å². The van der Waals surface area contributed by atoms with Gasteiger partial charge in [0.2, 0.25) is 5.78 Å². The third kappa shape index (κ3) is 11.8. The van der Waals surface area contributed by atoms with Gasteiger partial charge in [0, 0.05) is 21.0 Å². The molecule has 0 atom stereocenters. The molecule has 0 heterocycles. The number of carbonyl (C=O) groups is 2. The fraction of sp³-hybridized carbons (Fsp3) is 0.571. The highest BCUT2D eigenvalue weighted by molar-refractivity contribution is 7.80. The Morgan fingerprint density at radius 3 is 1.42 bits per heavy atom. The van der Waals surface area contributed by atoms with Crippen LogP contribution in [0.4, 0.5) is 0 Å². The van der Waals surface area contributed by atoms with Gasteiger partial charge in [0.05, 0.1) is 4.99 Å². The first-order valence-electron chi connectivity index (χ1n) is 3.36. The first-order valence-corrected chi connectivity index (χ1v) is 3.77. The SMILES string of the molecule is CNC(=O)C(C)=O.CNC(C)=S. The lowest BCUT2D eigenvalue weighted by molar-refractivity contribution is -0.136. The van der Waals surface area contributed by atoms with Crippen molar-refractivity contribution >= 4 is 28.9 Å². The van der Waals surface area contributed by atoms with Crippen LogP contribution in [0.3, 0.4) is 0 Å². The number of hydrogen-bond acceptors (Lipinski definition) is 3. The van der Waals surface area contributed by atoms with E-state index < -0.39 is 11.7 Å². The first kappa shape index (κ1) is 13.6. The minimum absolute atomic E-state index is 0.456. The van der Waals surface area contributed by atoms with Gasteiger partial charge in [-0.3, -0.25) is 9.59 Å². The van der Waals surface area contributed by atoms with Crippen molar-refractivity contribution in [1.29, 1.82) is 0 Å². The lowest BCUT2D eigenvalue weighted by atomic mass is 10.4. The van der Waals surface area contributed by atoms with Crippen LogP contribution < -0.4 is 10.6 Å². The second-order valence-corrected chi connectivity index (χ2v) is 2.55. The summed E-state index contributed by atoms with van der Waals surface area (Å²) in [6.45, 7) is 3.06. The maximum Gasteiger partial charge on any atom is 0.286 e. The highest BCUT2D eigenvalue weighted by Gasteiger charge is 2.00. The van der Waals surface area contributed by atoms with Gasteiger partial charge in [-0.25, -0.2) is 0 Å². The number of ketones is 1. The van der Waals surface area contributed by atoms with Crippen molar-refractivity contribution in [2.45, 2.75) is 13.8 Å². The monoisotopic (exact) mass is 190 g/mol. The third-order valence-electron chi connectivity index (χ3n) is 0.899. The molecule has 0 aliphatic carbocycles. The van der Waals surface area contributed by atoms with E-state index in [0.29, 0.717) is 0 Å². The zero-order valence-corrected chi connectivity index (χ0v) is 8.54. The number of rotatable bonds is 1. The van der Waals surface area contributed by atoms with Gasteiger partial charge < -0.3 is 10.6 Å². The lowest BCUT2D eigenvalue weighted by Crippen LogP contribution is -2.24. The fourth-order valence-electron chi connectivity index (χ4n) is 0.176. The number of nitrogens with one attached hydrogen (secondary N) is 2. The molecular weight excluding hydrogens is 176 g/mol. The minimum Gasteiger partial charge on any atom is -0.383 e. The number of likely N-dealkylation sites (N-methyl/N-ethyl adjacent to an activating group) is 1. The summed E-state index contributed by atoms with van der Waals surface area (Å²) in [6, 6.07) is 0. The quantitative estimate of drug-likeness (QED) is 0.447. The molecule has 0 saturated heterocycles. The van der Waals surface area contributed by atoms with Crippen LogP contribution in [0.1, 0.15) is 13.8 Å². The Balaban J connectivity index is 0. The lowest BCUT2D eigenvalue weighted by Gasteiger charge is -1.86. The molecule has 0 fully saturated rings. The summed E-state index contributed by atoms with van der Waals surface area (Å²) < 4.78 is 0. The van der Waals surface area contributed by atoms with Crippen molar-refractivity contribution < 1.29 is 9.59 Å². The molecular formula is C7H14N2O2S. The second-order valence-electron chi connectivity index (χ2n) is 1.94. The van der Waals surface area contributed by atoms with Crippen LogP contribution in [-0.4, -0.2) is 30.8 Å². The molecule has 0 aliphatic rings. The van der Waals surface area contributed by atoms with E-state index >= 15 is 0 Å². The number of Topliss-reactive ketones (excluding diaryl/α,β-unsaturated/α-hetero) is 1. The molecule has 0 aromatic carbocycles. The van der Waals surface area contributed by atoms with Gasteiger partial charge in [0.25, 0.3) is 5.91 Å². The van der Waals surface area contributed by atoms with Gasteiger partial charge in [-0.05, 0) is 6.92 Å². The van der Waals surface area contributed by atoms with Crippen molar-refractivity contribution in [2.75, 3.05) is 14.1 Å². The molecule has 5 heteroatoms. The van der Waals surface area contributed by atoms with Gasteiger partial charge in [0.1, 0.15) is 0 Å². The predicted molar refractivity (Wildman–Crippen MR) is 52.1 cm³/mol. The van der Waals surface area contributed by atoms with E-state index in [0.717, 1.165) is 4.99 Å². The number of thiocarbonyl (C=S) groups is 1. The van der Waals surface area contributed by atoms with E-state index in [-0.39, 0.29) is 0 Å². The Labute approximate surface area is 77.7 Å². The van der Waals surface area contributed by atoms with Crippen molar-refractivity contribution in [3.8, 4) is 0 Å². The number of amides is 1. The molecule has 1 amide bonds. The number of carbonyl (C=O) groups excluding carboxylic acids is 2. The van der Waals surface area contributed by atoms with E-state index in [9.17, 15) is 9.59 Å². The van der Waals surface area contributed by atoms with Crippen LogP contribution in [0, 0.1) is 0 Å². The van der Waals surface area contributed by atoms with Crippen molar-refractivity contribution in [2.24, 2.45) is 0 Å². The first-order chi connectivity index (χ1) is 5.45. The maximum absolute atomic E-state index is 10.1. The molecule has 12 heavy (non-hydrogen) atoms. The van der Waals surface area contributed by atoms with E-state index in [4.69, 9.17) is 0 Å². The van der Waals surface area contributed by atoms with Crippen LogP contribution in [0.2, 0.25) is 0 Å². The van der Waals surface area contributed by atoms with Crippen molar-refractivity contribution in [3.63, 3.8) is 0 Å². The maximum atomic E-state index is 10.1. The van der Waals surface area contributed by atoms with Crippen LogP contribution in [0.15, 0.2) is 0 Å². The average Bonchev–Trinajstić information content (AvgIpc) is 2.04. The summed E-state index contributed by atoms with van der Waals surface area (Å²) in [4.78, 5) is 20.9. The zero-order valence-electron chi connectivity index (χ0n) is 7.72. The molecule has 0 aromatic heterocycles. The highest BCUT2D eigenvalue weighted by Crippen LogP contribution is 1.63. The van der Waals surface area contributed by atoms with Gasteiger partial charge in [-0.2, -0.15) is 0 Å². The Hall–Kier alpha value is -0.970. The van der Waals surface area contributed by atoms with E-state index in [2.05, 4.69) is 22.9 Å². The Bertz CT molecular complexity index is 180. The molecule has 70 valence electrons. The molecule has 0 spiro atoms. The highest BCUT2D eigenvalue weighted by atomic mass is 32.1. The Morgan fingerprint density at radius 1 is 1.08 bits per heavy atom. The van der Waals surface area contributed by atoms with E-state index in [1.807, 2.05) is 14.0 Å². The van der Waals surface area contributed by atoms with Crippen molar-refractivity contribution in [3.05, 3.63) is 0 Å². The van der Waals surface area contributed by atoms with Crippen LogP contribution in [0.25, 0.3) is 0 Å². The molecule has 0 bridgehead atoms. The summed E-state index contributed by atoms with van der Waals surface area (Å²) in [6.07, 6.45) is 0. The van der Waals surface area contributed by atoms with Gasteiger partial charge in [0.15, 0.2) is 0 Å². The van der Waals surface area contributed by atoms with Crippen LogP contribution >= 0.6 is 12.2 Å². The number of hydrogen-bond donors (Lipinski definition) is 2. The van der Waals surface area contributed by atoms with E-state index in [1.54, 1.807) is 0 Å². The molecule has 2 N–H and O–H groups in total. The Morgan fingerprint density at radius 2 is 1.42 bits per heavy atom. The minimum atomic E-state index is -0.542. The summed E-state index contributed by atoms with van der Waals surface area (Å²) in [5.74, 6) is -0.998. The summed E-state index contributed by atoms with van der Waals surface area (Å²) in [5.41, 5.74) is 0. The summed E-state index contributed by atoms with van der Waals surface area (Å²) >= 11 is 4.59. The average molecular weight is 190 g/mol. The molecule has 0 radical (unpaired) electrons. The Kier molecular flexibility index (Phi) is 9.22. The summed E-state index contributed by atoms with van der Waals surface area (Å²) in [7, 11) is 3.23. The summed E-state index contributed by atoms with van der Waals surface area (Å²) in [5, 5.41) is 4.94. The molecule has 0 saturated carbocycles. The topological polar surface area (TPSA) is 58.2 Å². The molecule has 0 aromatic rings. The van der Waals surface area contributed by atoms with Gasteiger partial charge in [-0.1, -0.05) is 12.2 Å². The smallest absolute Gasteiger partial charge is 0.286 e. The molecule has 0 rings (SSSR count). The second kappa shape index (κ2) is 8.13. The molecule has 0 aliphatic heterocycles. The normalized spacial score (nSPS) is 7.33. The van der Waals surface area contributed by atoms with Gasteiger partial charge >= 0.3 is 0 Å². The fourth-order valence-corrected chi connectivity index (χ4v) is 0.176. The van der Waals surface area contributed by atoms with Gasteiger partial charge in [-0.15, -0.1) is 0 Å². The zero-order chi connectivity index (χ0) is 10.1. The van der Waals surface area contributed by atoms with Crippen LogP contribution in [0.5, 0.6) is 0 Å². The molecule has 4 nitrogen and oxygen atoms in total. The third-order valence-corrected chi connectivity index (χ3v) is 1.10. The largest absolute Gasteiger partial charge is 0.383 e. The van der Waals surface area contributed by atoms with E-state index in [1.165, 1.54) is 14.0 Å². The molecule has 0 unspecified atom stereocenters. The standard InChI is InChI=1S/C4H7NO2.C3H7NS/c1-3(6)4(7)5-2;1-3(5)4-2/h1-2H3,(H,5,7);1-2H3,(H,4,5). The predicted octanol–water partition coefficient (Wildman–Crippen LogP) is -0.126.